The molecule has 0 atom stereocenters. The first kappa shape index (κ1) is 14.9. The predicted octanol–water partition coefficient (Wildman–Crippen LogP) is 3.09. The van der Waals surface area contributed by atoms with E-state index in [0.717, 1.165) is 11.8 Å². The van der Waals surface area contributed by atoms with Crippen molar-refractivity contribution in [2.45, 2.75) is 13.5 Å². The van der Waals surface area contributed by atoms with E-state index in [1.54, 1.807) is 18.5 Å². The van der Waals surface area contributed by atoms with Gasteiger partial charge in [0.25, 0.3) is 0 Å². The Morgan fingerprint density at radius 1 is 1.38 bits per heavy atom. The van der Waals surface area contributed by atoms with Gasteiger partial charge in [0.2, 0.25) is 0 Å². The quantitative estimate of drug-likeness (QED) is 0.739. The average Bonchev–Trinajstić information content (AvgIpc) is 2.49. The highest BCUT2D eigenvalue weighted by molar-refractivity contribution is 6.08. The van der Waals surface area contributed by atoms with Gasteiger partial charge < -0.3 is 16.5 Å². The minimum Gasteiger partial charge on any atom is -0.346 e. The van der Waals surface area contributed by atoms with Gasteiger partial charge in [-0.25, -0.2) is 9.37 Å². The molecule has 1 aromatic carbocycles. The number of nitrogens with one attached hydrogen (secondary N) is 2. The molecule has 0 saturated heterocycles. The highest BCUT2D eigenvalue weighted by Crippen LogP contribution is 2.17. The Morgan fingerprint density at radius 2 is 2.19 bits per heavy atom. The molecule has 2 aromatic rings. The Hall–Kier alpha value is -2.53. The molecule has 0 fully saturated rings. The summed E-state index contributed by atoms with van der Waals surface area (Å²) in [6, 6.07) is 8.30. The molecule has 0 aliphatic heterocycles. The van der Waals surface area contributed by atoms with Gasteiger partial charge >= 0.3 is 0 Å². The van der Waals surface area contributed by atoms with E-state index in [-0.39, 0.29) is 12.4 Å². The first-order chi connectivity index (χ1) is 10.1. The van der Waals surface area contributed by atoms with Crippen molar-refractivity contribution in [2.24, 2.45) is 5.73 Å². The number of benzene rings is 1. The Balaban J connectivity index is 2.26. The van der Waals surface area contributed by atoms with Gasteiger partial charge in [0.05, 0.1) is 0 Å². The number of hydrogen-bond acceptors (Lipinski definition) is 4. The largest absolute Gasteiger partial charge is 0.346 e. The first-order valence-electron chi connectivity index (χ1n) is 6.52. The predicted molar refractivity (Wildman–Crippen MR) is 83.6 cm³/mol. The van der Waals surface area contributed by atoms with Crippen molar-refractivity contribution in [1.29, 1.82) is 5.41 Å². The lowest BCUT2D eigenvalue weighted by Crippen LogP contribution is -2.00. The second-order valence-electron chi connectivity index (χ2n) is 4.66. The number of anilines is 1. The zero-order valence-corrected chi connectivity index (χ0v) is 11.7. The third kappa shape index (κ3) is 3.97. The number of halogens is 1. The summed E-state index contributed by atoms with van der Waals surface area (Å²) in [6.07, 6.45) is 4.53. The number of hydrogen-bond donors (Lipinski definition) is 3. The smallest absolute Gasteiger partial charge is 0.129 e. The summed E-state index contributed by atoms with van der Waals surface area (Å²) in [5, 5.41) is 10.5. The van der Waals surface area contributed by atoms with Gasteiger partial charge in [-0.1, -0.05) is 6.07 Å². The molecule has 1 aromatic heterocycles. The standard InChI is InChI=1S/C16H17FN4/c1-11-2-3-16(20-9-11)21-10-14(8-19)13-4-12(7-18)5-15(17)6-13/h2-6,8-10,19H,7,18H2,1H3,(H,20,21)/b14-10+,19-8?. The molecule has 4 nitrogen and oxygen atoms in total. The molecule has 0 saturated carbocycles. The summed E-state index contributed by atoms with van der Waals surface area (Å²) < 4.78 is 13.5. The summed E-state index contributed by atoms with van der Waals surface area (Å²) in [4.78, 5) is 4.20. The van der Waals surface area contributed by atoms with Crippen LogP contribution in [0.1, 0.15) is 16.7 Å². The zero-order chi connectivity index (χ0) is 15.2. The molecule has 0 bridgehead atoms. The second kappa shape index (κ2) is 6.76. The summed E-state index contributed by atoms with van der Waals surface area (Å²) in [5.41, 5.74) is 8.44. The van der Waals surface area contributed by atoms with Crippen LogP contribution in [-0.4, -0.2) is 11.2 Å². The molecule has 4 N–H and O–H groups in total. The van der Waals surface area contributed by atoms with Gasteiger partial charge in [-0.3, -0.25) is 0 Å². The van der Waals surface area contributed by atoms with Crippen molar-refractivity contribution in [2.75, 3.05) is 5.32 Å². The van der Waals surface area contributed by atoms with Gasteiger partial charge in [0.1, 0.15) is 11.6 Å². The molecule has 2 rings (SSSR count). The summed E-state index contributed by atoms with van der Waals surface area (Å²) in [6.45, 7) is 2.21. The number of allylic oxidation sites excluding steroid dienone is 1. The van der Waals surface area contributed by atoms with Crippen LogP contribution in [0.2, 0.25) is 0 Å². The Bertz CT molecular complexity index is 662. The lowest BCUT2D eigenvalue weighted by atomic mass is 10.0. The van der Waals surface area contributed by atoms with Crippen LogP contribution in [0.25, 0.3) is 5.57 Å². The van der Waals surface area contributed by atoms with Gasteiger partial charge in [0.15, 0.2) is 0 Å². The van der Waals surface area contributed by atoms with Crippen LogP contribution in [0.3, 0.4) is 0 Å². The molecule has 0 aliphatic carbocycles. The van der Waals surface area contributed by atoms with Gasteiger partial charge in [-0.05, 0) is 47.9 Å². The summed E-state index contributed by atoms with van der Waals surface area (Å²) in [5.74, 6) is 0.296. The fraction of sp³-hybridized carbons (Fsp3) is 0.125. The molecule has 0 aliphatic rings. The number of aryl methyl sites for hydroxylation is 1. The van der Waals surface area contributed by atoms with Crippen molar-refractivity contribution < 1.29 is 4.39 Å². The zero-order valence-electron chi connectivity index (χ0n) is 11.7. The molecular weight excluding hydrogens is 267 g/mol. The molecule has 5 heteroatoms. The van der Waals surface area contributed by atoms with Crippen LogP contribution in [0.5, 0.6) is 0 Å². The molecular formula is C16H17FN4. The van der Waals surface area contributed by atoms with E-state index in [1.165, 1.54) is 12.1 Å². The van der Waals surface area contributed by atoms with Gasteiger partial charge in [-0.15, -0.1) is 0 Å². The fourth-order valence-corrected chi connectivity index (χ4v) is 1.85. The van der Waals surface area contributed by atoms with E-state index in [4.69, 9.17) is 11.1 Å². The van der Waals surface area contributed by atoms with E-state index in [2.05, 4.69) is 10.3 Å². The Kier molecular flexibility index (Phi) is 4.79. The SMILES string of the molecule is Cc1ccc(N/C=C(\C=N)c2cc(F)cc(CN)c2)nc1. The minimum atomic E-state index is -0.367. The topological polar surface area (TPSA) is 74.8 Å². The van der Waals surface area contributed by atoms with Crippen molar-refractivity contribution >= 4 is 17.6 Å². The van der Waals surface area contributed by atoms with Crippen molar-refractivity contribution in [3.8, 4) is 0 Å². The van der Waals surface area contributed by atoms with Crippen LogP contribution in [0, 0.1) is 18.2 Å². The number of aromatic nitrogens is 1. The first-order valence-corrected chi connectivity index (χ1v) is 6.52. The molecule has 0 unspecified atom stereocenters. The van der Waals surface area contributed by atoms with E-state index < -0.39 is 0 Å². The Morgan fingerprint density at radius 3 is 2.81 bits per heavy atom. The molecule has 108 valence electrons. The van der Waals surface area contributed by atoms with E-state index in [9.17, 15) is 4.39 Å². The van der Waals surface area contributed by atoms with Crippen molar-refractivity contribution in [1.82, 2.24) is 4.98 Å². The highest BCUT2D eigenvalue weighted by Gasteiger charge is 2.04. The van der Waals surface area contributed by atoms with Crippen LogP contribution < -0.4 is 11.1 Å². The maximum absolute atomic E-state index is 13.5. The van der Waals surface area contributed by atoms with E-state index in [1.807, 2.05) is 19.1 Å². The van der Waals surface area contributed by atoms with Gasteiger partial charge in [-0.2, -0.15) is 0 Å². The lowest BCUT2D eigenvalue weighted by Gasteiger charge is -2.07. The third-order valence-electron chi connectivity index (χ3n) is 2.97. The molecule has 21 heavy (non-hydrogen) atoms. The second-order valence-corrected chi connectivity index (χ2v) is 4.66. The number of pyridine rings is 1. The van der Waals surface area contributed by atoms with E-state index >= 15 is 0 Å². The molecule has 0 radical (unpaired) electrons. The van der Waals surface area contributed by atoms with Crippen LogP contribution in [-0.2, 0) is 6.54 Å². The third-order valence-corrected chi connectivity index (χ3v) is 2.97. The summed E-state index contributed by atoms with van der Waals surface area (Å²) >= 11 is 0. The maximum atomic E-state index is 13.5. The van der Waals surface area contributed by atoms with Crippen LogP contribution >= 0.6 is 0 Å². The average molecular weight is 284 g/mol. The molecule has 0 amide bonds. The van der Waals surface area contributed by atoms with Gasteiger partial charge in [0, 0.05) is 30.7 Å². The summed E-state index contributed by atoms with van der Waals surface area (Å²) in [7, 11) is 0. The maximum Gasteiger partial charge on any atom is 0.129 e. The highest BCUT2D eigenvalue weighted by atomic mass is 19.1. The van der Waals surface area contributed by atoms with Crippen LogP contribution in [0.15, 0.2) is 42.7 Å². The molecule has 1 heterocycles. The normalized spacial score (nSPS) is 11.3. The fourth-order valence-electron chi connectivity index (χ4n) is 1.85. The number of nitrogens with zero attached hydrogens (tertiary/aromatic N) is 1. The molecule has 0 spiro atoms. The van der Waals surface area contributed by atoms with Crippen molar-refractivity contribution in [3.63, 3.8) is 0 Å². The minimum absolute atomic E-state index is 0.253. The Labute approximate surface area is 123 Å². The monoisotopic (exact) mass is 284 g/mol. The lowest BCUT2D eigenvalue weighted by molar-refractivity contribution is 0.625. The number of nitrogens with two attached hydrogens (primary N) is 1. The van der Waals surface area contributed by atoms with Crippen molar-refractivity contribution in [3.05, 3.63) is 65.2 Å². The van der Waals surface area contributed by atoms with E-state index in [0.29, 0.717) is 22.5 Å². The number of rotatable bonds is 5. The van der Waals surface area contributed by atoms with Crippen LogP contribution in [0.4, 0.5) is 10.2 Å².